The van der Waals surface area contributed by atoms with Crippen molar-refractivity contribution < 1.29 is 0 Å². The Bertz CT molecular complexity index is 155. The predicted octanol–water partition coefficient (Wildman–Crippen LogP) is 4.41. The van der Waals surface area contributed by atoms with Crippen molar-refractivity contribution in [3.8, 4) is 0 Å². The summed E-state index contributed by atoms with van der Waals surface area (Å²) >= 11 is 3.65. The molecule has 1 atom stereocenters. The van der Waals surface area contributed by atoms with Crippen LogP contribution in [0.1, 0.15) is 47.5 Å². The summed E-state index contributed by atoms with van der Waals surface area (Å²) in [5.41, 5.74) is 0. The predicted molar refractivity (Wildman–Crippen MR) is 78.3 cm³/mol. The van der Waals surface area contributed by atoms with Gasteiger partial charge >= 0.3 is 0 Å². The minimum absolute atomic E-state index is 0.773. The van der Waals surface area contributed by atoms with Gasteiger partial charge < -0.3 is 4.90 Å². The van der Waals surface area contributed by atoms with Crippen molar-refractivity contribution in [1.82, 2.24) is 4.90 Å². The van der Waals surface area contributed by atoms with Crippen LogP contribution in [-0.4, -0.2) is 29.9 Å². The minimum atomic E-state index is 0.773. The third-order valence-corrected chi connectivity index (χ3v) is 4.58. The summed E-state index contributed by atoms with van der Waals surface area (Å²) in [6.07, 6.45) is 2.63. The van der Waals surface area contributed by atoms with Gasteiger partial charge in [-0.15, -0.1) is 0 Å². The van der Waals surface area contributed by atoms with Gasteiger partial charge in [-0.25, -0.2) is 0 Å². The lowest BCUT2D eigenvalue weighted by Gasteiger charge is -2.30. The molecule has 16 heavy (non-hydrogen) atoms. The summed E-state index contributed by atoms with van der Waals surface area (Å²) < 4.78 is 0. The molecule has 0 aromatic rings. The van der Waals surface area contributed by atoms with E-state index in [9.17, 15) is 0 Å². The van der Waals surface area contributed by atoms with E-state index in [1.165, 1.54) is 32.5 Å². The Kier molecular flexibility index (Phi) is 9.73. The molecule has 0 aliphatic heterocycles. The average molecular weight is 292 g/mol. The number of rotatable bonds is 9. The fourth-order valence-corrected chi connectivity index (χ4v) is 2.97. The average Bonchev–Trinajstić information content (AvgIpc) is 2.29. The monoisotopic (exact) mass is 291 g/mol. The van der Waals surface area contributed by atoms with E-state index in [0.29, 0.717) is 0 Å². The largest absolute Gasteiger partial charge is 0.303 e. The Labute approximate surface area is 111 Å². The van der Waals surface area contributed by atoms with E-state index in [2.05, 4.69) is 55.4 Å². The Balaban J connectivity index is 4.16. The minimum Gasteiger partial charge on any atom is -0.303 e. The zero-order chi connectivity index (χ0) is 12.6. The highest BCUT2D eigenvalue weighted by Crippen LogP contribution is 2.17. The smallest absolute Gasteiger partial charge is 0.00743 e. The van der Waals surface area contributed by atoms with Gasteiger partial charge in [-0.3, -0.25) is 0 Å². The Hall–Kier alpha value is 0.440. The summed E-state index contributed by atoms with van der Waals surface area (Å²) in [5, 5.41) is 1.13. The highest BCUT2D eigenvalue weighted by Gasteiger charge is 2.17. The van der Waals surface area contributed by atoms with E-state index in [-0.39, 0.29) is 0 Å². The van der Waals surface area contributed by atoms with E-state index < -0.39 is 0 Å². The molecule has 98 valence electrons. The molecule has 0 N–H and O–H groups in total. The van der Waals surface area contributed by atoms with E-state index in [1.54, 1.807) is 0 Å². The van der Waals surface area contributed by atoms with Gasteiger partial charge in [0, 0.05) is 18.4 Å². The molecule has 2 heteroatoms. The molecule has 0 aliphatic rings. The lowest BCUT2D eigenvalue weighted by atomic mass is 9.96. The van der Waals surface area contributed by atoms with Crippen LogP contribution in [0.2, 0.25) is 0 Å². The second-order valence-corrected chi connectivity index (χ2v) is 5.84. The highest BCUT2D eigenvalue weighted by atomic mass is 79.9. The summed E-state index contributed by atoms with van der Waals surface area (Å²) in [5.74, 6) is 2.44. The molecule has 0 aromatic heterocycles. The lowest BCUT2D eigenvalue weighted by molar-refractivity contribution is 0.189. The molecule has 0 spiro atoms. The maximum atomic E-state index is 3.65. The van der Waals surface area contributed by atoms with Crippen molar-refractivity contribution in [1.29, 1.82) is 0 Å². The van der Waals surface area contributed by atoms with E-state index >= 15 is 0 Å². The maximum Gasteiger partial charge on any atom is 0.00743 e. The van der Waals surface area contributed by atoms with Crippen molar-refractivity contribution in [2.75, 3.05) is 25.0 Å². The molecule has 0 saturated carbocycles. The second-order valence-electron chi connectivity index (χ2n) is 5.19. The number of alkyl halides is 1. The van der Waals surface area contributed by atoms with Crippen LogP contribution >= 0.6 is 15.9 Å². The molecular formula is C14H30BrN. The van der Waals surface area contributed by atoms with Crippen LogP contribution in [0, 0.1) is 17.8 Å². The quantitative estimate of drug-likeness (QED) is 0.569. The van der Waals surface area contributed by atoms with Gasteiger partial charge in [0.25, 0.3) is 0 Å². The Morgan fingerprint density at radius 2 is 1.56 bits per heavy atom. The van der Waals surface area contributed by atoms with E-state index in [4.69, 9.17) is 0 Å². The van der Waals surface area contributed by atoms with Crippen LogP contribution < -0.4 is 0 Å². The van der Waals surface area contributed by atoms with Gasteiger partial charge in [-0.2, -0.15) is 0 Å². The number of hydrogen-bond acceptors (Lipinski definition) is 1. The first-order chi connectivity index (χ1) is 7.58. The topological polar surface area (TPSA) is 3.24 Å². The van der Waals surface area contributed by atoms with Crippen molar-refractivity contribution in [3.63, 3.8) is 0 Å². The molecule has 0 heterocycles. The molecule has 1 unspecified atom stereocenters. The van der Waals surface area contributed by atoms with Crippen molar-refractivity contribution in [3.05, 3.63) is 0 Å². The summed E-state index contributed by atoms with van der Waals surface area (Å²) in [4.78, 5) is 2.63. The van der Waals surface area contributed by atoms with Crippen LogP contribution in [0.3, 0.4) is 0 Å². The van der Waals surface area contributed by atoms with Gasteiger partial charge in [0.05, 0.1) is 0 Å². The van der Waals surface area contributed by atoms with Gasteiger partial charge in [0.15, 0.2) is 0 Å². The standard InChI is InChI=1S/C14H30BrN/c1-6-13(7-2)10-16(8-3)11-14(9-15)12(4)5/h12-14H,6-11H2,1-5H3. The molecule has 0 aliphatic carbocycles. The van der Waals surface area contributed by atoms with Crippen LogP contribution in [0.5, 0.6) is 0 Å². The molecule has 1 nitrogen and oxygen atoms in total. The number of halogens is 1. The number of hydrogen-bond donors (Lipinski definition) is 0. The molecule has 0 aromatic carbocycles. The Morgan fingerprint density at radius 3 is 1.88 bits per heavy atom. The van der Waals surface area contributed by atoms with Crippen LogP contribution in [0.15, 0.2) is 0 Å². The summed E-state index contributed by atoms with van der Waals surface area (Å²) in [6.45, 7) is 15.3. The van der Waals surface area contributed by atoms with Gasteiger partial charge in [-0.1, -0.05) is 63.4 Å². The SMILES string of the molecule is CCC(CC)CN(CC)CC(CBr)C(C)C. The fourth-order valence-electron chi connectivity index (χ4n) is 2.01. The normalized spacial score (nSPS) is 14.1. The van der Waals surface area contributed by atoms with Crippen LogP contribution in [-0.2, 0) is 0 Å². The third kappa shape index (κ3) is 6.24. The summed E-state index contributed by atoms with van der Waals surface area (Å²) in [7, 11) is 0. The summed E-state index contributed by atoms with van der Waals surface area (Å²) in [6, 6.07) is 0. The molecule has 0 amide bonds. The van der Waals surface area contributed by atoms with Gasteiger partial charge in [-0.05, 0) is 24.3 Å². The zero-order valence-electron chi connectivity index (χ0n) is 11.8. The third-order valence-electron chi connectivity index (χ3n) is 3.75. The number of nitrogens with zero attached hydrogens (tertiary/aromatic N) is 1. The Morgan fingerprint density at radius 1 is 1.00 bits per heavy atom. The first-order valence-corrected chi connectivity index (χ1v) is 7.99. The fraction of sp³-hybridized carbons (Fsp3) is 1.00. The van der Waals surface area contributed by atoms with Gasteiger partial charge in [0.1, 0.15) is 0 Å². The van der Waals surface area contributed by atoms with Crippen molar-refractivity contribution >= 4 is 15.9 Å². The van der Waals surface area contributed by atoms with Crippen molar-refractivity contribution in [2.24, 2.45) is 17.8 Å². The van der Waals surface area contributed by atoms with Gasteiger partial charge in [0.2, 0.25) is 0 Å². The molecule has 0 rings (SSSR count). The molecular weight excluding hydrogens is 262 g/mol. The lowest BCUT2D eigenvalue weighted by Crippen LogP contribution is -2.35. The van der Waals surface area contributed by atoms with E-state index in [0.717, 1.165) is 23.1 Å². The zero-order valence-corrected chi connectivity index (χ0v) is 13.4. The molecule has 0 saturated heterocycles. The molecule has 0 radical (unpaired) electrons. The highest BCUT2D eigenvalue weighted by molar-refractivity contribution is 9.09. The molecule has 0 bridgehead atoms. The first kappa shape index (κ1) is 16.4. The second kappa shape index (κ2) is 9.47. The van der Waals surface area contributed by atoms with Crippen LogP contribution in [0.25, 0.3) is 0 Å². The van der Waals surface area contributed by atoms with Crippen molar-refractivity contribution in [2.45, 2.75) is 47.5 Å². The maximum absolute atomic E-state index is 3.65. The molecule has 0 fully saturated rings. The first-order valence-electron chi connectivity index (χ1n) is 6.87. The van der Waals surface area contributed by atoms with Crippen LogP contribution in [0.4, 0.5) is 0 Å². The van der Waals surface area contributed by atoms with E-state index in [1.807, 2.05) is 0 Å².